The van der Waals surface area contributed by atoms with Gasteiger partial charge in [-0.25, -0.2) is 0 Å². The zero-order chi connectivity index (χ0) is 5.54. The van der Waals surface area contributed by atoms with Gasteiger partial charge in [0.2, 0.25) is 0 Å². The Bertz CT molecular complexity index is 66.1. The van der Waals surface area contributed by atoms with Crippen LogP contribution in [0.25, 0.3) is 0 Å². The molecule has 7 heavy (non-hydrogen) atoms. The zero-order valence-electron chi connectivity index (χ0n) is 4.69. The van der Waals surface area contributed by atoms with Crippen LogP contribution in [0.1, 0.15) is 6.42 Å². The van der Waals surface area contributed by atoms with Gasteiger partial charge in [-0.05, 0) is 8.94 Å². The second-order valence-electron chi connectivity index (χ2n) is 1.05. The van der Waals surface area contributed by atoms with Crippen molar-refractivity contribution in [2.45, 2.75) is 6.42 Å². The number of nitrogens with zero attached hydrogens (tertiary/aromatic N) is 1. The molecular weight excluding hydrogens is 201 g/mol. The van der Waals surface area contributed by atoms with Gasteiger partial charge in [0.25, 0.3) is 0 Å². The van der Waals surface area contributed by atoms with E-state index in [1.807, 2.05) is 13.3 Å². The van der Waals surface area contributed by atoms with Crippen molar-refractivity contribution in [1.82, 2.24) is 0 Å². The molecule has 1 nitrogen and oxygen atoms in total. The lowest BCUT2D eigenvalue weighted by molar-refractivity contribution is 1.44. The van der Waals surface area contributed by atoms with Crippen LogP contribution in [-0.4, -0.2) is 22.2 Å². The van der Waals surface area contributed by atoms with Gasteiger partial charge in [-0.1, -0.05) is 0 Å². The van der Waals surface area contributed by atoms with E-state index in [4.69, 9.17) is 0 Å². The van der Waals surface area contributed by atoms with Crippen LogP contribution in [0.15, 0.2) is 4.99 Å². The van der Waals surface area contributed by atoms with Crippen molar-refractivity contribution in [3.8, 4) is 0 Å². The molecule has 0 rings (SSSR count). The summed E-state index contributed by atoms with van der Waals surface area (Å²) in [6.45, 7) is 0. The summed E-state index contributed by atoms with van der Waals surface area (Å²) in [5.74, 6) is 0. The molecule has 0 unspecified atom stereocenters. The molecule has 0 saturated carbocycles. The first-order valence-electron chi connectivity index (χ1n) is 2.12. The van der Waals surface area contributed by atoms with E-state index in [0.29, 0.717) is 20.7 Å². The Balaban J connectivity index is 2.98. The first kappa shape index (κ1) is 7.27. The maximum Gasteiger partial charge on any atom is 0.0273 e. The molecule has 0 aromatic heterocycles. The maximum atomic E-state index is 3.83. The fourth-order valence-electron chi connectivity index (χ4n) is 0.234. The first-order valence-corrected chi connectivity index (χ1v) is 5.52. The van der Waals surface area contributed by atoms with Gasteiger partial charge >= 0.3 is 0 Å². The summed E-state index contributed by atoms with van der Waals surface area (Å²) < 4.78 is 2.30. The molecule has 0 aromatic rings. The maximum absolute atomic E-state index is 3.83. The van der Waals surface area contributed by atoms with Gasteiger partial charge in [-0.15, -0.1) is 20.7 Å². The molecule has 2 heteroatoms. The van der Waals surface area contributed by atoms with Crippen molar-refractivity contribution in [2.75, 3.05) is 12.0 Å². The van der Waals surface area contributed by atoms with Gasteiger partial charge in [-0.3, -0.25) is 0 Å². The molecule has 0 N–H and O–H groups in total. The van der Waals surface area contributed by atoms with Crippen molar-refractivity contribution >= 4 is 31.0 Å². The van der Waals surface area contributed by atoms with E-state index in [0.717, 1.165) is 6.42 Å². The Hall–Kier alpha value is 0.270. The molecule has 42 valence electrons. The predicted octanol–water partition coefficient (Wildman–Crippen LogP) is 1.48. The van der Waals surface area contributed by atoms with Crippen LogP contribution in [0.4, 0.5) is 0 Å². The van der Waals surface area contributed by atoms with E-state index < -0.39 is 0 Å². The van der Waals surface area contributed by atoms with Crippen LogP contribution in [0.5, 0.6) is 0 Å². The second-order valence-corrected chi connectivity index (χ2v) is 3.18. The monoisotopic (exact) mass is 211 g/mol. The predicted molar refractivity (Wildman–Crippen MR) is 45.0 cm³/mol. The van der Waals surface area contributed by atoms with E-state index in [-0.39, 0.29) is 0 Å². The topological polar surface area (TPSA) is 12.4 Å². The summed E-state index contributed by atoms with van der Waals surface area (Å²) in [5, 5.41) is 0. The number of rotatable bonds is 2. The lowest BCUT2D eigenvalue weighted by atomic mass is 10.5. The third-order valence-electron chi connectivity index (χ3n) is 0.531. The zero-order valence-corrected chi connectivity index (χ0v) is 6.84. The Morgan fingerprint density at radius 3 is 2.86 bits per heavy atom. The summed E-state index contributed by atoms with van der Waals surface area (Å²) in [4.78, 5) is 6.07. The van der Waals surface area contributed by atoms with Crippen LogP contribution >= 0.6 is 20.7 Å². The minimum atomic E-state index is 0.379. The highest BCUT2D eigenvalue weighted by Crippen LogP contribution is 1.82. The molecule has 0 bridgehead atoms. The summed E-state index contributed by atoms with van der Waals surface area (Å²) in [6, 6.07) is 0. The number of hydrogen-bond donors (Lipinski definition) is 0. The van der Waals surface area contributed by atoms with Crippen molar-refractivity contribution in [2.24, 2.45) is 4.99 Å². The molecular formula is C5H10IN. The summed E-state index contributed by atoms with van der Waals surface area (Å²) in [6.07, 6.45) is 3.00. The first-order chi connectivity index (χ1) is 3.41. The molecule has 0 radical (unpaired) electrons. The normalized spacial score (nSPS) is 12.9. The van der Waals surface area contributed by atoms with Gasteiger partial charge in [0.1, 0.15) is 0 Å². The van der Waals surface area contributed by atoms with E-state index in [1.54, 1.807) is 0 Å². The molecule has 0 atom stereocenters. The van der Waals surface area contributed by atoms with E-state index in [9.17, 15) is 0 Å². The summed E-state index contributed by atoms with van der Waals surface area (Å²) in [7, 11) is 1.81. The minimum Gasteiger partial charge on any atom is -0.301 e. The van der Waals surface area contributed by atoms with Gasteiger partial charge < -0.3 is 4.99 Å². The van der Waals surface area contributed by atoms with Crippen molar-refractivity contribution in [3.63, 3.8) is 0 Å². The van der Waals surface area contributed by atoms with E-state index in [1.165, 1.54) is 0 Å². The summed E-state index contributed by atoms with van der Waals surface area (Å²) in [5.41, 5.74) is 0. The highest BCUT2D eigenvalue weighted by molar-refractivity contribution is 14.2. The molecule has 0 aliphatic carbocycles. The molecule has 0 aliphatic rings. The van der Waals surface area contributed by atoms with Crippen LogP contribution in [-0.2, 0) is 0 Å². The fourth-order valence-corrected chi connectivity index (χ4v) is 0.970. The fraction of sp³-hybridized carbons (Fsp3) is 0.600. The smallest absolute Gasteiger partial charge is 0.0273 e. The molecule has 0 saturated heterocycles. The Labute approximate surface area is 54.6 Å². The summed E-state index contributed by atoms with van der Waals surface area (Å²) >= 11 is 0.379. The highest BCUT2D eigenvalue weighted by atomic mass is 127. The number of alkyl halides is 1. The SMILES string of the molecule is CN=CCC=IC. The molecule has 0 spiro atoms. The standard InChI is InChI=1S/C5H10IN/c1-6-4-3-5-7-2/h4-5H,3H2,1-2H3. The Morgan fingerprint density at radius 1 is 1.71 bits per heavy atom. The molecule has 0 heterocycles. The largest absolute Gasteiger partial charge is 0.301 e. The van der Waals surface area contributed by atoms with Crippen molar-refractivity contribution in [1.29, 1.82) is 0 Å². The molecule has 0 aliphatic heterocycles. The van der Waals surface area contributed by atoms with E-state index >= 15 is 0 Å². The molecule has 0 fully saturated rings. The van der Waals surface area contributed by atoms with Crippen LogP contribution < -0.4 is 0 Å². The lowest BCUT2D eigenvalue weighted by Gasteiger charge is -1.72. The van der Waals surface area contributed by atoms with Gasteiger partial charge in [0.15, 0.2) is 0 Å². The van der Waals surface area contributed by atoms with Crippen molar-refractivity contribution < 1.29 is 0 Å². The molecule has 0 aromatic carbocycles. The van der Waals surface area contributed by atoms with Gasteiger partial charge in [-0.2, -0.15) is 0 Å². The van der Waals surface area contributed by atoms with Crippen molar-refractivity contribution in [3.05, 3.63) is 0 Å². The third-order valence-corrected chi connectivity index (χ3v) is 1.92. The lowest BCUT2D eigenvalue weighted by Crippen LogP contribution is -1.70. The van der Waals surface area contributed by atoms with E-state index in [2.05, 4.69) is 13.9 Å². The third kappa shape index (κ3) is 6.27. The quantitative estimate of drug-likeness (QED) is 0.372. The van der Waals surface area contributed by atoms with Crippen LogP contribution in [0.2, 0.25) is 0 Å². The second kappa shape index (κ2) is 6.27. The number of halogens is 1. The highest BCUT2D eigenvalue weighted by Gasteiger charge is 1.63. The minimum absolute atomic E-state index is 0.379. The average molecular weight is 211 g/mol. The molecule has 0 amide bonds. The van der Waals surface area contributed by atoms with Crippen LogP contribution in [0.3, 0.4) is 0 Å². The Morgan fingerprint density at radius 2 is 2.43 bits per heavy atom. The van der Waals surface area contributed by atoms with Crippen LogP contribution in [0, 0.1) is 0 Å². The number of aliphatic imine (C=N–C) groups is 1. The Kier molecular flexibility index (Phi) is 6.51. The average Bonchev–Trinajstić information content (AvgIpc) is 1.69. The van der Waals surface area contributed by atoms with Gasteiger partial charge in [0, 0.05) is 19.7 Å². The van der Waals surface area contributed by atoms with Gasteiger partial charge in [0.05, 0.1) is 0 Å². The number of hydrogen-bond acceptors (Lipinski definition) is 1.